The van der Waals surface area contributed by atoms with Gasteiger partial charge in [-0.3, -0.25) is 9.69 Å². The summed E-state index contributed by atoms with van der Waals surface area (Å²) in [4.78, 5) is 19.4. The molecule has 5 rings (SSSR count). The molecule has 3 aromatic rings. The van der Waals surface area contributed by atoms with Gasteiger partial charge in [0.15, 0.2) is 0 Å². The average Bonchev–Trinajstić information content (AvgIpc) is 3.21. The lowest BCUT2D eigenvalue weighted by atomic mass is 9.75. The fraction of sp³-hybridized carbons (Fsp3) is 0.481. The van der Waals surface area contributed by atoms with Crippen LogP contribution in [0.5, 0.6) is 0 Å². The van der Waals surface area contributed by atoms with E-state index in [0.717, 1.165) is 60.7 Å². The highest BCUT2D eigenvalue weighted by molar-refractivity contribution is 7.13. The number of amides is 1. The highest BCUT2D eigenvalue weighted by Gasteiger charge is 2.37. The van der Waals surface area contributed by atoms with Crippen LogP contribution in [0.2, 0.25) is 0 Å². The van der Waals surface area contributed by atoms with Crippen molar-refractivity contribution in [1.29, 1.82) is 0 Å². The summed E-state index contributed by atoms with van der Waals surface area (Å²) in [6, 6.07) is 9.53. The van der Waals surface area contributed by atoms with Crippen LogP contribution >= 0.6 is 23.9 Å². The zero-order valence-electron chi connectivity index (χ0n) is 20.9. The molecule has 0 radical (unpaired) electrons. The van der Waals surface area contributed by atoms with Gasteiger partial charge in [-0.25, -0.2) is 4.39 Å². The third kappa shape index (κ3) is 4.91. The van der Waals surface area contributed by atoms with Crippen LogP contribution in [-0.2, 0) is 16.6 Å². The van der Waals surface area contributed by atoms with Crippen molar-refractivity contribution >= 4 is 51.4 Å². The minimum Gasteiger partial charge on any atom is -0.353 e. The lowest BCUT2D eigenvalue weighted by Gasteiger charge is -2.40. The maximum absolute atomic E-state index is 13.8. The predicted octanol–water partition coefficient (Wildman–Crippen LogP) is 5.56. The maximum Gasteiger partial charge on any atom is 0.227 e. The molecule has 2 aliphatic rings. The van der Waals surface area contributed by atoms with Gasteiger partial charge in [-0.2, -0.15) is 4.37 Å². The first kappa shape index (κ1) is 25.9. The number of piperazine rings is 1. The van der Waals surface area contributed by atoms with Crippen LogP contribution in [0, 0.1) is 12.7 Å². The van der Waals surface area contributed by atoms with Crippen LogP contribution in [0.15, 0.2) is 30.3 Å². The van der Waals surface area contributed by atoms with Gasteiger partial charge in [-0.05, 0) is 66.7 Å². The Morgan fingerprint density at radius 3 is 2.57 bits per heavy atom. The number of halogens is 2. The number of fused-ring (bicyclic) bond motifs is 2. The monoisotopic (exact) mass is 516 g/mol. The Morgan fingerprint density at radius 1 is 1.11 bits per heavy atom. The molecule has 0 saturated carbocycles. The van der Waals surface area contributed by atoms with E-state index in [0.29, 0.717) is 13.0 Å². The zero-order valence-corrected chi connectivity index (χ0v) is 22.6. The van der Waals surface area contributed by atoms with Crippen LogP contribution in [0.25, 0.3) is 10.1 Å². The van der Waals surface area contributed by atoms with Crippen LogP contribution in [0.3, 0.4) is 0 Å². The number of rotatable bonds is 5. The molecule has 1 amide bonds. The number of anilines is 2. The molecule has 2 aliphatic heterocycles. The van der Waals surface area contributed by atoms with Crippen LogP contribution in [0.4, 0.5) is 15.9 Å². The Bertz CT molecular complexity index is 1240. The first-order valence-corrected chi connectivity index (χ1v) is 13.0. The number of nitrogens with zero attached hydrogens (tertiary/aromatic N) is 4. The second kappa shape index (κ2) is 10.0. The van der Waals surface area contributed by atoms with Crippen molar-refractivity contribution in [3.63, 3.8) is 0 Å². The minimum atomic E-state index is -0.206. The average molecular weight is 517 g/mol. The van der Waals surface area contributed by atoms with Gasteiger partial charge in [0.25, 0.3) is 0 Å². The molecule has 0 aliphatic carbocycles. The van der Waals surface area contributed by atoms with Gasteiger partial charge in [0.05, 0.1) is 10.4 Å². The van der Waals surface area contributed by atoms with Crippen molar-refractivity contribution in [3.8, 4) is 0 Å². The second-order valence-electron chi connectivity index (χ2n) is 10.2. The summed E-state index contributed by atoms with van der Waals surface area (Å²) in [5.74, 6) is 0.939. The van der Waals surface area contributed by atoms with E-state index < -0.39 is 0 Å². The summed E-state index contributed by atoms with van der Waals surface area (Å²) in [5.41, 5.74) is 4.82. The van der Waals surface area contributed by atoms with Crippen molar-refractivity contribution in [1.82, 2.24) is 9.27 Å². The topological polar surface area (TPSA) is 39.7 Å². The highest BCUT2D eigenvalue weighted by atomic mass is 35.5. The molecular weight excluding hydrogens is 483 g/mol. The number of carbonyl (C=O) groups is 1. The summed E-state index contributed by atoms with van der Waals surface area (Å²) >= 11 is 1.44. The van der Waals surface area contributed by atoms with Gasteiger partial charge in [-0.15, -0.1) is 12.4 Å². The fourth-order valence-corrected chi connectivity index (χ4v) is 6.27. The van der Waals surface area contributed by atoms with Gasteiger partial charge >= 0.3 is 0 Å². The largest absolute Gasteiger partial charge is 0.353 e. The van der Waals surface area contributed by atoms with Crippen molar-refractivity contribution < 1.29 is 9.18 Å². The first-order chi connectivity index (χ1) is 16.3. The second-order valence-corrected chi connectivity index (χ2v) is 11.0. The van der Waals surface area contributed by atoms with Gasteiger partial charge in [0.2, 0.25) is 5.91 Å². The van der Waals surface area contributed by atoms with E-state index >= 15 is 0 Å². The smallest absolute Gasteiger partial charge is 0.227 e. The lowest BCUT2D eigenvalue weighted by Crippen LogP contribution is -2.47. The Kier molecular flexibility index (Phi) is 7.41. The molecule has 35 heavy (non-hydrogen) atoms. The normalized spacial score (nSPS) is 18.0. The molecule has 0 unspecified atom stereocenters. The molecule has 5 nitrogen and oxygen atoms in total. The number of benzene rings is 2. The van der Waals surface area contributed by atoms with E-state index in [4.69, 9.17) is 0 Å². The number of hydrogen-bond acceptors (Lipinski definition) is 5. The summed E-state index contributed by atoms with van der Waals surface area (Å²) in [6.07, 6.45) is 1.56. The molecule has 188 valence electrons. The zero-order chi connectivity index (χ0) is 24.0. The van der Waals surface area contributed by atoms with Crippen LogP contribution in [-0.4, -0.2) is 54.4 Å². The molecule has 1 saturated heterocycles. The standard InChI is InChI=1S/C27H33FN4OS.ClH/c1-5-32-24(33)17-27(3,4)22-15-19(14-18(2)25(22)32)8-9-30-10-12-31(13-11-30)26-21-16-20(28)6-7-23(21)34-29-26;/h6-7,14-16H,5,8-13,17H2,1-4H3;1H. The Hall–Kier alpha value is -2.22. The molecule has 1 fully saturated rings. The van der Waals surface area contributed by atoms with Crippen molar-refractivity contribution in [2.75, 3.05) is 49.1 Å². The van der Waals surface area contributed by atoms with E-state index in [-0.39, 0.29) is 29.5 Å². The molecule has 0 bridgehead atoms. The van der Waals surface area contributed by atoms with Crippen molar-refractivity contribution in [2.45, 2.75) is 46.0 Å². The fourth-order valence-electron chi connectivity index (χ4n) is 5.50. The molecule has 1 aromatic heterocycles. The minimum absolute atomic E-state index is 0. The number of carbonyl (C=O) groups excluding carboxylic acids is 1. The SMILES string of the molecule is CCN1C(=O)CC(C)(C)c2cc(CCN3CCN(c4nsc5ccc(F)cc45)CC3)cc(C)c21.Cl. The van der Waals surface area contributed by atoms with E-state index in [2.05, 4.69) is 54.0 Å². The molecule has 0 spiro atoms. The van der Waals surface area contributed by atoms with Gasteiger partial charge in [-0.1, -0.05) is 26.0 Å². The van der Waals surface area contributed by atoms with Crippen LogP contribution < -0.4 is 9.80 Å². The molecule has 0 N–H and O–H groups in total. The van der Waals surface area contributed by atoms with Crippen molar-refractivity contribution in [2.24, 2.45) is 0 Å². The summed E-state index contributed by atoms with van der Waals surface area (Å²) in [5, 5.41) is 0.921. The van der Waals surface area contributed by atoms with Gasteiger partial charge < -0.3 is 9.80 Å². The molecule has 0 atom stereocenters. The van der Waals surface area contributed by atoms with E-state index in [1.54, 1.807) is 6.07 Å². The molecule has 8 heteroatoms. The molecule has 3 heterocycles. The van der Waals surface area contributed by atoms with E-state index in [1.807, 2.05) is 11.0 Å². The Labute approximate surface area is 217 Å². The number of hydrogen-bond donors (Lipinski definition) is 0. The third-order valence-electron chi connectivity index (χ3n) is 7.37. The Balaban J connectivity index is 0.00000289. The quantitative estimate of drug-likeness (QED) is 0.445. The molecular formula is C27H34ClFN4OS. The Morgan fingerprint density at radius 2 is 1.86 bits per heavy atom. The third-order valence-corrected chi connectivity index (χ3v) is 8.19. The number of aryl methyl sites for hydroxylation is 1. The van der Waals surface area contributed by atoms with E-state index in [9.17, 15) is 9.18 Å². The summed E-state index contributed by atoms with van der Waals surface area (Å²) < 4.78 is 19.4. The van der Waals surface area contributed by atoms with Crippen molar-refractivity contribution in [3.05, 3.63) is 52.8 Å². The predicted molar refractivity (Wildman–Crippen MR) is 146 cm³/mol. The highest BCUT2D eigenvalue weighted by Crippen LogP contribution is 2.42. The maximum atomic E-state index is 13.8. The lowest BCUT2D eigenvalue weighted by molar-refractivity contribution is -0.120. The van der Waals surface area contributed by atoms with E-state index in [1.165, 1.54) is 34.3 Å². The summed E-state index contributed by atoms with van der Waals surface area (Å²) in [6.45, 7) is 14.0. The van der Waals surface area contributed by atoms with Gasteiger partial charge in [0.1, 0.15) is 11.6 Å². The molecule has 2 aromatic carbocycles. The number of aromatic nitrogens is 1. The van der Waals surface area contributed by atoms with Gasteiger partial charge in [0, 0.05) is 56.5 Å². The summed E-state index contributed by atoms with van der Waals surface area (Å²) in [7, 11) is 0. The first-order valence-electron chi connectivity index (χ1n) is 12.2. The van der Waals surface area contributed by atoms with Crippen LogP contribution in [0.1, 0.15) is 43.9 Å².